The molecule has 0 fully saturated rings. The lowest BCUT2D eigenvalue weighted by molar-refractivity contribution is 0.132. The Bertz CT molecular complexity index is 357. The summed E-state index contributed by atoms with van der Waals surface area (Å²) in [6.07, 6.45) is 0. The van der Waals surface area contributed by atoms with Crippen molar-refractivity contribution in [3.63, 3.8) is 0 Å². The number of halogens is 1. The van der Waals surface area contributed by atoms with Crippen LogP contribution in [0.4, 0.5) is 5.69 Å². The van der Waals surface area contributed by atoms with Crippen LogP contribution in [0, 0.1) is 4.91 Å². The highest BCUT2D eigenvalue weighted by molar-refractivity contribution is 6.30. The van der Waals surface area contributed by atoms with Gasteiger partial charge in [0.1, 0.15) is 0 Å². The van der Waals surface area contributed by atoms with Gasteiger partial charge in [-0.15, -0.1) is 4.91 Å². The standard InChI is InChI=1S/C9H9ClN2O2/c10-8-1-2-9-7(5-8)6-14-4-3-12(9)11-13/h1-2,5H,3-4,6H2. The summed E-state index contributed by atoms with van der Waals surface area (Å²) in [6, 6.07) is 5.32. The minimum absolute atomic E-state index is 0.474. The van der Waals surface area contributed by atoms with Crippen LogP contribution in [0.5, 0.6) is 0 Å². The van der Waals surface area contributed by atoms with Gasteiger partial charge in [-0.3, -0.25) is 0 Å². The SMILES string of the molecule is O=NN1CCOCc2cc(Cl)ccc21. The van der Waals surface area contributed by atoms with Crippen molar-refractivity contribution >= 4 is 17.3 Å². The number of hydrogen-bond donors (Lipinski definition) is 0. The lowest BCUT2D eigenvalue weighted by Gasteiger charge is -2.13. The number of rotatable bonds is 1. The number of nitroso groups, excluding NO2 is 1. The summed E-state index contributed by atoms with van der Waals surface area (Å²) in [4.78, 5) is 10.5. The average Bonchev–Trinajstić information content (AvgIpc) is 2.38. The molecule has 0 saturated heterocycles. The number of ether oxygens (including phenoxy) is 1. The molecule has 74 valence electrons. The molecule has 0 spiro atoms. The fourth-order valence-corrected chi connectivity index (χ4v) is 1.65. The molecule has 1 aliphatic rings. The second kappa shape index (κ2) is 3.94. The molecule has 0 saturated carbocycles. The second-order valence-corrected chi connectivity index (χ2v) is 3.47. The van der Waals surface area contributed by atoms with Gasteiger partial charge in [0.2, 0.25) is 0 Å². The highest BCUT2D eigenvalue weighted by Crippen LogP contribution is 2.27. The van der Waals surface area contributed by atoms with Crippen molar-refractivity contribution in [3.05, 3.63) is 33.7 Å². The molecule has 4 nitrogen and oxygen atoms in total. The van der Waals surface area contributed by atoms with Crippen molar-refractivity contribution in [2.45, 2.75) is 6.61 Å². The zero-order chi connectivity index (χ0) is 9.97. The quantitative estimate of drug-likeness (QED) is 0.671. The zero-order valence-corrected chi connectivity index (χ0v) is 8.20. The molecule has 14 heavy (non-hydrogen) atoms. The molecule has 5 heteroatoms. The van der Waals surface area contributed by atoms with E-state index in [1.54, 1.807) is 18.2 Å². The summed E-state index contributed by atoms with van der Waals surface area (Å²) in [5, 5.41) is 4.97. The van der Waals surface area contributed by atoms with Crippen LogP contribution in [-0.4, -0.2) is 13.2 Å². The highest BCUT2D eigenvalue weighted by atomic mass is 35.5. The maximum Gasteiger partial charge on any atom is 0.0739 e. The second-order valence-electron chi connectivity index (χ2n) is 3.03. The van der Waals surface area contributed by atoms with Crippen LogP contribution >= 0.6 is 11.6 Å². The van der Waals surface area contributed by atoms with Crippen molar-refractivity contribution in [2.75, 3.05) is 18.2 Å². The Morgan fingerprint density at radius 2 is 2.36 bits per heavy atom. The summed E-state index contributed by atoms with van der Waals surface area (Å²) in [5.74, 6) is 0. The third-order valence-electron chi connectivity index (χ3n) is 2.12. The molecule has 1 aliphatic heterocycles. The van der Waals surface area contributed by atoms with Gasteiger partial charge in [-0.25, -0.2) is 5.01 Å². The van der Waals surface area contributed by atoms with Gasteiger partial charge < -0.3 is 4.74 Å². The van der Waals surface area contributed by atoms with Gasteiger partial charge in [-0.2, -0.15) is 0 Å². The lowest BCUT2D eigenvalue weighted by Crippen LogP contribution is -2.18. The van der Waals surface area contributed by atoms with Gasteiger partial charge in [0, 0.05) is 10.6 Å². The van der Waals surface area contributed by atoms with Gasteiger partial charge >= 0.3 is 0 Å². The number of nitrogens with zero attached hydrogens (tertiary/aromatic N) is 2. The van der Waals surface area contributed by atoms with Crippen LogP contribution in [0.25, 0.3) is 0 Å². The molecular weight excluding hydrogens is 204 g/mol. The van der Waals surface area contributed by atoms with Crippen LogP contribution in [0.1, 0.15) is 5.56 Å². The van der Waals surface area contributed by atoms with E-state index in [1.165, 1.54) is 5.01 Å². The topological polar surface area (TPSA) is 41.9 Å². The summed E-state index contributed by atoms with van der Waals surface area (Å²) in [5.41, 5.74) is 1.68. The molecule has 0 atom stereocenters. The third kappa shape index (κ3) is 1.71. The summed E-state index contributed by atoms with van der Waals surface area (Å²) in [6.45, 7) is 1.46. The van der Waals surface area contributed by atoms with Gasteiger partial charge in [0.25, 0.3) is 0 Å². The van der Waals surface area contributed by atoms with E-state index in [0.717, 1.165) is 11.3 Å². The van der Waals surface area contributed by atoms with Crippen molar-refractivity contribution in [1.82, 2.24) is 0 Å². The number of fused-ring (bicyclic) bond motifs is 1. The summed E-state index contributed by atoms with van der Waals surface area (Å²) < 4.78 is 5.31. The number of hydrogen-bond acceptors (Lipinski definition) is 3. The van der Waals surface area contributed by atoms with Gasteiger partial charge in [-0.1, -0.05) is 11.6 Å². The predicted molar refractivity (Wildman–Crippen MR) is 54.2 cm³/mol. The zero-order valence-electron chi connectivity index (χ0n) is 7.44. The maximum absolute atomic E-state index is 10.5. The molecule has 0 aromatic heterocycles. The minimum atomic E-state index is 0.474. The van der Waals surface area contributed by atoms with E-state index in [0.29, 0.717) is 24.8 Å². The first-order valence-corrected chi connectivity index (χ1v) is 4.66. The van der Waals surface area contributed by atoms with Gasteiger partial charge in [0.15, 0.2) is 0 Å². The summed E-state index contributed by atoms with van der Waals surface area (Å²) >= 11 is 5.84. The van der Waals surface area contributed by atoms with E-state index in [-0.39, 0.29) is 0 Å². The first kappa shape index (κ1) is 9.43. The van der Waals surface area contributed by atoms with Crippen LogP contribution in [-0.2, 0) is 11.3 Å². The molecular formula is C9H9ClN2O2. The molecule has 0 radical (unpaired) electrons. The average molecular weight is 213 g/mol. The van der Waals surface area contributed by atoms with E-state index in [1.807, 2.05) is 0 Å². The molecule has 0 amide bonds. The molecule has 1 aromatic rings. The van der Waals surface area contributed by atoms with Crippen molar-refractivity contribution < 1.29 is 4.74 Å². The Hall–Kier alpha value is -1.13. The van der Waals surface area contributed by atoms with Crippen molar-refractivity contribution in [1.29, 1.82) is 0 Å². The Morgan fingerprint density at radius 3 is 3.14 bits per heavy atom. The molecule has 0 aliphatic carbocycles. The van der Waals surface area contributed by atoms with E-state index < -0.39 is 0 Å². The van der Waals surface area contributed by atoms with E-state index >= 15 is 0 Å². The van der Waals surface area contributed by atoms with Crippen LogP contribution in [0.2, 0.25) is 5.02 Å². The van der Waals surface area contributed by atoms with Crippen molar-refractivity contribution in [2.24, 2.45) is 5.29 Å². The molecule has 0 unspecified atom stereocenters. The van der Waals surface area contributed by atoms with Crippen LogP contribution in [0.15, 0.2) is 23.5 Å². The largest absolute Gasteiger partial charge is 0.375 e. The predicted octanol–water partition coefficient (Wildman–Crippen LogP) is 2.36. The monoisotopic (exact) mass is 212 g/mol. The van der Waals surface area contributed by atoms with Crippen molar-refractivity contribution in [3.8, 4) is 0 Å². The van der Waals surface area contributed by atoms with Crippen LogP contribution < -0.4 is 5.01 Å². The Balaban J connectivity index is 2.44. The molecule has 0 bridgehead atoms. The third-order valence-corrected chi connectivity index (χ3v) is 2.36. The fourth-order valence-electron chi connectivity index (χ4n) is 1.46. The minimum Gasteiger partial charge on any atom is -0.375 e. The maximum atomic E-state index is 10.5. The van der Waals surface area contributed by atoms with E-state index in [2.05, 4.69) is 5.29 Å². The van der Waals surface area contributed by atoms with E-state index in [4.69, 9.17) is 16.3 Å². The van der Waals surface area contributed by atoms with E-state index in [9.17, 15) is 4.91 Å². The number of benzene rings is 1. The smallest absolute Gasteiger partial charge is 0.0739 e. The van der Waals surface area contributed by atoms with Crippen LogP contribution in [0.3, 0.4) is 0 Å². The van der Waals surface area contributed by atoms with Gasteiger partial charge in [-0.05, 0) is 18.2 Å². The number of anilines is 1. The Labute approximate surface area is 86.4 Å². The fraction of sp³-hybridized carbons (Fsp3) is 0.333. The molecule has 1 heterocycles. The summed E-state index contributed by atoms with van der Waals surface area (Å²) in [7, 11) is 0. The molecule has 1 aromatic carbocycles. The Kier molecular flexibility index (Phi) is 2.65. The highest BCUT2D eigenvalue weighted by Gasteiger charge is 2.15. The molecule has 2 rings (SSSR count). The normalized spacial score (nSPS) is 15.9. The van der Waals surface area contributed by atoms with Gasteiger partial charge in [0.05, 0.1) is 30.7 Å². The first-order chi connectivity index (χ1) is 6.81. The Morgan fingerprint density at radius 1 is 1.50 bits per heavy atom. The lowest BCUT2D eigenvalue weighted by atomic mass is 10.2. The molecule has 0 N–H and O–H groups in total. The first-order valence-electron chi connectivity index (χ1n) is 4.28.